The van der Waals surface area contributed by atoms with E-state index in [1.165, 1.54) is 0 Å². The summed E-state index contributed by atoms with van der Waals surface area (Å²) in [6.45, 7) is 4.62. The van der Waals surface area contributed by atoms with Crippen LogP contribution in [0.2, 0.25) is 0 Å². The SMILES string of the molecule is N#Cc1cc(-c2nccc3[nH]c(Nc4cccc(N5CCOCC5)c4)nc23)ccc1OC1CCOCC1. The van der Waals surface area contributed by atoms with E-state index < -0.39 is 0 Å². The van der Waals surface area contributed by atoms with Crippen molar-refractivity contribution >= 4 is 28.4 Å². The van der Waals surface area contributed by atoms with Gasteiger partial charge in [0.2, 0.25) is 5.95 Å². The number of imidazole rings is 1. The molecule has 0 saturated carbocycles. The predicted molar refractivity (Wildman–Crippen MR) is 141 cm³/mol. The number of ether oxygens (including phenoxy) is 3. The fraction of sp³-hybridized carbons (Fsp3) is 0.321. The summed E-state index contributed by atoms with van der Waals surface area (Å²) in [5.74, 6) is 1.22. The monoisotopic (exact) mass is 496 g/mol. The molecular weight excluding hydrogens is 468 g/mol. The molecule has 9 nitrogen and oxygen atoms in total. The summed E-state index contributed by atoms with van der Waals surface area (Å²) in [6, 6.07) is 18.1. The predicted octanol–water partition coefficient (Wildman–Crippen LogP) is 4.63. The Kier molecular flexibility index (Phi) is 6.58. The van der Waals surface area contributed by atoms with Crippen molar-refractivity contribution in [2.75, 3.05) is 49.7 Å². The van der Waals surface area contributed by atoms with Gasteiger partial charge in [-0.15, -0.1) is 0 Å². The second kappa shape index (κ2) is 10.5. The van der Waals surface area contributed by atoms with Gasteiger partial charge in [-0.2, -0.15) is 5.26 Å². The summed E-state index contributed by atoms with van der Waals surface area (Å²) < 4.78 is 17.0. The molecule has 6 rings (SSSR count). The topological polar surface area (TPSA) is 108 Å². The zero-order valence-corrected chi connectivity index (χ0v) is 20.4. The maximum absolute atomic E-state index is 9.80. The number of aromatic amines is 1. The number of benzene rings is 2. The number of H-pyrrole nitrogens is 1. The zero-order valence-electron chi connectivity index (χ0n) is 20.4. The summed E-state index contributed by atoms with van der Waals surface area (Å²) in [5, 5.41) is 13.2. The molecule has 4 aromatic rings. The van der Waals surface area contributed by atoms with Gasteiger partial charge in [0.1, 0.15) is 23.4 Å². The number of nitriles is 1. The van der Waals surface area contributed by atoms with Crippen molar-refractivity contribution in [2.24, 2.45) is 0 Å². The van der Waals surface area contributed by atoms with Crippen molar-refractivity contribution in [3.63, 3.8) is 0 Å². The molecule has 2 fully saturated rings. The molecule has 2 N–H and O–H groups in total. The number of pyridine rings is 1. The van der Waals surface area contributed by atoms with Gasteiger partial charge in [0.25, 0.3) is 0 Å². The van der Waals surface area contributed by atoms with E-state index >= 15 is 0 Å². The number of hydrogen-bond donors (Lipinski definition) is 2. The highest BCUT2D eigenvalue weighted by molar-refractivity contribution is 5.91. The van der Waals surface area contributed by atoms with Crippen molar-refractivity contribution in [1.29, 1.82) is 5.26 Å². The first-order valence-electron chi connectivity index (χ1n) is 12.6. The van der Waals surface area contributed by atoms with Crippen LogP contribution in [0.1, 0.15) is 18.4 Å². The molecule has 2 aliphatic rings. The van der Waals surface area contributed by atoms with Crippen LogP contribution >= 0.6 is 0 Å². The molecule has 0 amide bonds. The van der Waals surface area contributed by atoms with Crippen LogP contribution in [0, 0.1) is 11.3 Å². The normalized spacial score (nSPS) is 16.5. The van der Waals surface area contributed by atoms with E-state index in [9.17, 15) is 5.26 Å². The minimum absolute atomic E-state index is 0.0648. The highest BCUT2D eigenvalue weighted by Gasteiger charge is 2.19. The first kappa shape index (κ1) is 23.3. The lowest BCUT2D eigenvalue weighted by Crippen LogP contribution is -2.36. The molecule has 4 heterocycles. The van der Waals surface area contributed by atoms with E-state index in [4.69, 9.17) is 19.2 Å². The fourth-order valence-corrected chi connectivity index (χ4v) is 4.79. The zero-order chi connectivity index (χ0) is 25.0. The van der Waals surface area contributed by atoms with E-state index in [-0.39, 0.29) is 6.10 Å². The second-order valence-corrected chi connectivity index (χ2v) is 9.17. The van der Waals surface area contributed by atoms with Crippen molar-refractivity contribution in [3.8, 4) is 23.1 Å². The molecule has 0 spiro atoms. The lowest BCUT2D eigenvalue weighted by Gasteiger charge is -2.29. The van der Waals surface area contributed by atoms with Gasteiger partial charge in [0.15, 0.2) is 0 Å². The highest BCUT2D eigenvalue weighted by Crippen LogP contribution is 2.32. The molecule has 37 heavy (non-hydrogen) atoms. The Hall–Kier alpha value is -4.13. The number of fused-ring (bicyclic) bond motifs is 1. The molecule has 0 unspecified atom stereocenters. The number of rotatable bonds is 6. The third-order valence-electron chi connectivity index (χ3n) is 6.72. The summed E-state index contributed by atoms with van der Waals surface area (Å²) in [7, 11) is 0. The van der Waals surface area contributed by atoms with E-state index in [1.807, 2.05) is 36.4 Å². The van der Waals surface area contributed by atoms with Crippen molar-refractivity contribution in [1.82, 2.24) is 15.0 Å². The quantitative estimate of drug-likeness (QED) is 0.398. The van der Waals surface area contributed by atoms with Gasteiger partial charge in [0.05, 0.1) is 43.2 Å². The summed E-state index contributed by atoms with van der Waals surface area (Å²) in [6.07, 6.45) is 3.46. The second-order valence-electron chi connectivity index (χ2n) is 9.17. The van der Waals surface area contributed by atoms with E-state index in [0.717, 1.165) is 67.1 Å². The minimum atomic E-state index is 0.0648. The van der Waals surface area contributed by atoms with Gasteiger partial charge in [-0.25, -0.2) is 4.98 Å². The molecule has 2 saturated heterocycles. The van der Waals surface area contributed by atoms with Gasteiger partial charge < -0.3 is 29.4 Å². The van der Waals surface area contributed by atoms with Gasteiger partial charge in [0, 0.05) is 49.1 Å². The van der Waals surface area contributed by atoms with Crippen LogP contribution in [0.4, 0.5) is 17.3 Å². The van der Waals surface area contributed by atoms with Crippen LogP contribution in [-0.4, -0.2) is 60.6 Å². The van der Waals surface area contributed by atoms with Gasteiger partial charge in [-0.1, -0.05) is 6.07 Å². The molecule has 0 aliphatic carbocycles. The Bertz CT molecular complexity index is 1430. The van der Waals surface area contributed by atoms with Crippen LogP contribution in [0.5, 0.6) is 5.75 Å². The molecule has 188 valence electrons. The van der Waals surface area contributed by atoms with Crippen LogP contribution in [0.3, 0.4) is 0 Å². The third kappa shape index (κ3) is 5.07. The molecule has 2 aliphatic heterocycles. The molecule has 2 aromatic heterocycles. The number of morpholine rings is 1. The standard InChI is InChI=1S/C28H28N6O3/c29-18-20-16-19(4-5-25(20)37-23-7-12-35-13-8-23)26-27-24(6-9-30-26)32-28(33-27)31-21-2-1-3-22(17-21)34-10-14-36-15-11-34/h1-6,9,16-17,23H,7-8,10-15H2,(H2,31,32,33). The Labute approximate surface area is 215 Å². The van der Waals surface area contributed by atoms with E-state index in [1.54, 1.807) is 6.20 Å². The number of aromatic nitrogens is 3. The van der Waals surface area contributed by atoms with E-state index in [0.29, 0.717) is 36.2 Å². The van der Waals surface area contributed by atoms with Gasteiger partial charge >= 0.3 is 0 Å². The van der Waals surface area contributed by atoms with Crippen molar-refractivity contribution < 1.29 is 14.2 Å². The molecule has 9 heteroatoms. The maximum Gasteiger partial charge on any atom is 0.205 e. The molecule has 2 aromatic carbocycles. The molecule has 0 atom stereocenters. The number of nitrogens with zero attached hydrogens (tertiary/aromatic N) is 4. The van der Waals surface area contributed by atoms with Crippen LogP contribution in [-0.2, 0) is 9.47 Å². The first-order valence-corrected chi connectivity index (χ1v) is 12.6. The average Bonchev–Trinajstić information content (AvgIpc) is 3.37. The van der Waals surface area contributed by atoms with Crippen LogP contribution in [0.15, 0.2) is 54.7 Å². The molecular formula is C28H28N6O3. The smallest absolute Gasteiger partial charge is 0.205 e. The van der Waals surface area contributed by atoms with E-state index in [2.05, 4.69) is 38.4 Å². The first-order chi connectivity index (χ1) is 18.3. The van der Waals surface area contributed by atoms with Crippen LogP contribution in [0.25, 0.3) is 22.3 Å². The van der Waals surface area contributed by atoms with Crippen molar-refractivity contribution in [3.05, 3.63) is 60.3 Å². The van der Waals surface area contributed by atoms with Crippen molar-refractivity contribution in [2.45, 2.75) is 18.9 Å². The highest BCUT2D eigenvalue weighted by atomic mass is 16.5. The average molecular weight is 497 g/mol. The lowest BCUT2D eigenvalue weighted by atomic mass is 10.1. The molecule has 0 radical (unpaired) electrons. The number of anilines is 3. The van der Waals surface area contributed by atoms with Gasteiger partial charge in [-0.3, -0.25) is 4.98 Å². The Morgan fingerprint density at radius 3 is 2.70 bits per heavy atom. The summed E-state index contributed by atoms with van der Waals surface area (Å²) in [5.41, 5.74) is 5.69. The summed E-state index contributed by atoms with van der Waals surface area (Å²) >= 11 is 0. The Morgan fingerprint density at radius 2 is 1.86 bits per heavy atom. The molecule has 0 bridgehead atoms. The third-order valence-corrected chi connectivity index (χ3v) is 6.72. The maximum atomic E-state index is 9.80. The summed E-state index contributed by atoms with van der Waals surface area (Å²) in [4.78, 5) is 15.1. The lowest BCUT2D eigenvalue weighted by molar-refractivity contribution is 0.0254. The fourth-order valence-electron chi connectivity index (χ4n) is 4.79. The largest absolute Gasteiger partial charge is 0.489 e. The number of hydrogen-bond acceptors (Lipinski definition) is 8. The Balaban J connectivity index is 1.26. The van der Waals surface area contributed by atoms with Crippen LogP contribution < -0.4 is 15.0 Å². The van der Waals surface area contributed by atoms with Gasteiger partial charge in [-0.05, 0) is 42.5 Å². The minimum Gasteiger partial charge on any atom is -0.489 e. The number of nitrogens with one attached hydrogen (secondary N) is 2. The Morgan fingerprint density at radius 1 is 1.03 bits per heavy atom.